The normalized spacial score (nSPS) is 15.8. The van der Waals surface area contributed by atoms with E-state index in [1.165, 1.54) is 18.4 Å². The Balaban J connectivity index is 1.38. The van der Waals surface area contributed by atoms with Gasteiger partial charge in [0.05, 0.1) is 6.54 Å². The minimum absolute atomic E-state index is 0.211. The predicted octanol–water partition coefficient (Wildman–Crippen LogP) is 2.89. The zero-order chi connectivity index (χ0) is 18.0. The third-order valence-corrected chi connectivity index (χ3v) is 5.40. The van der Waals surface area contributed by atoms with E-state index in [0.29, 0.717) is 6.54 Å². The van der Waals surface area contributed by atoms with Crippen molar-refractivity contribution in [2.24, 2.45) is 4.99 Å². The second kappa shape index (κ2) is 7.07. The van der Waals surface area contributed by atoms with Gasteiger partial charge >= 0.3 is 0 Å². The van der Waals surface area contributed by atoms with Crippen LogP contribution < -0.4 is 10.6 Å². The fourth-order valence-corrected chi connectivity index (χ4v) is 3.58. The molecule has 0 amide bonds. The molecule has 0 spiro atoms. The minimum atomic E-state index is 0.211. The molecule has 0 bridgehead atoms. The first-order chi connectivity index (χ1) is 12.7. The summed E-state index contributed by atoms with van der Waals surface area (Å²) in [6, 6.07) is 14.5. The van der Waals surface area contributed by atoms with Crippen LogP contribution in [-0.2, 0) is 12.0 Å². The van der Waals surface area contributed by atoms with Crippen LogP contribution in [0.4, 0.5) is 0 Å². The molecule has 2 heterocycles. The van der Waals surface area contributed by atoms with Crippen molar-refractivity contribution in [3.63, 3.8) is 0 Å². The summed E-state index contributed by atoms with van der Waals surface area (Å²) in [7, 11) is 1.79. The quantitative estimate of drug-likeness (QED) is 0.499. The average Bonchev–Trinajstić information content (AvgIpc) is 3.35. The summed E-state index contributed by atoms with van der Waals surface area (Å²) in [6.07, 6.45) is 4.36. The topological polar surface area (TPSA) is 66.6 Å². The number of halogens is 1. The molecule has 134 valence electrons. The van der Waals surface area contributed by atoms with E-state index in [9.17, 15) is 0 Å². The molecule has 0 saturated heterocycles. The van der Waals surface area contributed by atoms with Gasteiger partial charge in [0.2, 0.25) is 0 Å². The van der Waals surface area contributed by atoms with Gasteiger partial charge in [0, 0.05) is 29.7 Å². The van der Waals surface area contributed by atoms with E-state index in [0.717, 1.165) is 28.4 Å². The van der Waals surface area contributed by atoms with Gasteiger partial charge in [0.25, 0.3) is 0 Å². The fourth-order valence-electron chi connectivity index (χ4n) is 3.18. The van der Waals surface area contributed by atoms with Gasteiger partial charge < -0.3 is 10.6 Å². The second-order valence-electron chi connectivity index (χ2n) is 6.62. The van der Waals surface area contributed by atoms with Crippen molar-refractivity contribution >= 4 is 27.5 Å². The zero-order valence-corrected chi connectivity index (χ0v) is 16.2. The molecule has 0 atom stereocenters. The van der Waals surface area contributed by atoms with Crippen molar-refractivity contribution in [2.45, 2.75) is 24.8 Å². The van der Waals surface area contributed by atoms with Gasteiger partial charge in [0.15, 0.2) is 17.4 Å². The zero-order valence-electron chi connectivity index (χ0n) is 14.6. The number of guanidine groups is 1. The molecule has 0 unspecified atom stereocenters. The molecule has 26 heavy (non-hydrogen) atoms. The van der Waals surface area contributed by atoms with E-state index < -0.39 is 0 Å². The molecule has 4 rings (SSSR count). The number of hydrogen-bond acceptors (Lipinski definition) is 3. The summed E-state index contributed by atoms with van der Waals surface area (Å²) in [6.45, 7) is 1.43. The molecule has 1 fully saturated rings. The van der Waals surface area contributed by atoms with Crippen molar-refractivity contribution in [2.75, 3.05) is 13.6 Å². The lowest BCUT2D eigenvalue weighted by Crippen LogP contribution is -2.41. The first-order valence-corrected chi connectivity index (χ1v) is 9.49. The molecular weight excluding hydrogens is 392 g/mol. The van der Waals surface area contributed by atoms with Crippen LogP contribution in [0.2, 0.25) is 0 Å². The maximum absolute atomic E-state index is 4.34. The molecule has 7 heteroatoms. The molecule has 6 nitrogen and oxygen atoms in total. The number of fused-ring (bicyclic) bond motifs is 1. The lowest BCUT2D eigenvalue weighted by Gasteiger charge is -2.19. The van der Waals surface area contributed by atoms with Crippen LogP contribution in [0.1, 0.15) is 24.2 Å². The van der Waals surface area contributed by atoms with Gasteiger partial charge in [-0.1, -0.05) is 34.1 Å². The van der Waals surface area contributed by atoms with Crippen LogP contribution in [0, 0.1) is 0 Å². The summed E-state index contributed by atoms with van der Waals surface area (Å²) >= 11 is 3.57. The Hall–Kier alpha value is -2.41. The van der Waals surface area contributed by atoms with Gasteiger partial charge in [-0.3, -0.25) is 9.39 Å². The number of nitrogens with zero attached hydrogens (tertiary/aromatic N) is 4. The Morgan fingerprint density at radius 3 is 2.85 bits per heavy atom. The number of nitrogens with one attached hydrogen (secondary N) is 2. The molecule has 1 aliphatic rings. The van der Waals surface area contributed by atoms with Gasteiger partial charge in [-0.05, 0) is 42.7 Å². The highest BCUT2D eigenvalue weighted by atomic mass is 79.9. The SMILES string of the molecule is CN=C(NCc1nnc2ccccn12)NCC1(c2cccc(Br)c2)CC1. The number of hydrogen-bond donors (Lipinski definition) is 2. The van der Waals surface area contributed by atoms with Gasteiger partial charge in [-0.25, -0.2) is 0 Å². The summed E-state index contributed by atoms with van der Waals surface area (Å²) < 4.78 is 3.10. The summed E-state index contributed by atoms with van der Waals surface area (Å²) in [4.78, 5) is 4.34. The Labute approximate surface area is 160 Å². The standard InChI is InChI=1S/C19H21BrN6/c1-21-18(22-12-17-25-24-16-7-2-3-10-26(16)17)23-13-19(8-9-19)14-5-4-6-15(20)11-14/h2-7,10-11H,8-9,12-13H2,1H3,(H2,21,22,23). The highest BCUT2D eigenvalue weighted by molar-refractivity contribution is 9.10. The van der Waals surface area contributed by atoms with Crippen molar-refractivity contribution in [1.29, 1.82) is 0 Å². The molecular formula is C19H21BrN6. The van der Waals surface area contributed by atoms with Gasteiger partial charge in [-0.15, -0.1) is 10.2 Å². The fraction of sp³-hybridized carbons (Fsp3) is 0.316. The third-order valence-electron chi connectivity index (χ3n) is 4.91. The Morgan fingerprint density at radius 1 is 1.19 bits per heavy atom. The average molecular weight is 413 g/mol. The number of pyridine rings is 1. The maximum atomic E-state index is 4.34. The van der Waals surface area contributed by atoms with Crippen LogP contribution in [0.3, 0.4) is 0 Å². The molecule has 0 aliphatic heterocycles. The molecule has 1 saturated carbocycles. The van der Waals surface area contributed by atoms with Crippen LogP contribution >= 0.6 is 15.9 Å². The summed E-state index contributed by atoms with van der Waals surface area (Å²) in [5.74, 6) is 1.63. The van der Waals surface area contributed by atoms with Crippen molar-refractivity contribution < 1.29 is 0 Å². The summed E-state index contributed by atoms with van der Waals surface area (Å²) in [5.41, 5.74) is 2.43. The van der Waals surface area contributed by atoms with Crippen LogP contribution in [0.15, 0.2) is 58.1 Å². The number of aliphatic imine (C=N–C) groups is 1. The Kier molecular flexibility index (Phi) is 4.63. The van der Waals surface area contributed by atoms with E-state index >= 15 is 0 Å². The number of benzene rings is 1. The van der Waals surface area contributed by atoms with E-state index in [-0.39, 0.29) is 5.41 Å². The number of rotatable bonds is 5. The highest BCUT2D eigenvalue weighted by Gasteiger charge is 2.44. The third kappa shape index (κ3) is 3.44. The Bertz CT molecular complexity index is 944. The van der Waals surface area contributed by atoms with Crippen LogP contribution in [-0.4, -0.2) is 34.2 Å². The largest absolute Gasteiger partial charge is 0.356 e. The van der Waals surface area contributed by atoms with Crippen LogP contribution in [0.5, 0.6) is 0 Å². The predicted molar refractivity (Wildman–Crippen MR) is 106 cm³/mol. The molecule has 1 aromatic carbocycles. The van der Waals surface area contributed by atoms with E-state index in [4.69, 9.17) is 0 Å². The lowest BCUT2D eigenvalue weighted by molar-refractivity contribution is 0.642. The summed E-state index contributed by atoms with van der Waals surface area (Å²) in [5, 5.41) is 15.2. The van der Waals surface area contributed by atoms with Crippen molar-refractivity contribution in [3.8, 4) is 0 Å². The molecule has 1 aliphatic carbocycles. The van der Waals surface area contributed by atoms with E-state index in [2.05, 4.69) is 66.0 Å². The minimum Gasteiger partial charge on any atom is -0.356 e. The van der Waals surface area contributed by atoms with Crippen molar-refractivity contribution in [3.05, 3.63) is 64.5 Å². The number of aromatic nitrogens is 3. The highest BCUT2D eigenvalue weighted by Crippen LogP contribution is 2.48. The molecule has 0 radical (unpaired) electrons. The molecule has 2 N–H and O–H groups in total. The molecule has 2 aromatic heterocycles. The smallest absolute Gasteiger partial charge is 0.191 e. The van der Waals surface area contributed by atoms with Gasteiger partial charge in [0.1, 0.15) is 0 Å². The first kappa shape index (κ1) is 17.0. The van der Waals surface area contributed by atoms with E-state index in [1.807, 2.05) is 28.8 Å². The van der Waals surface area contributed by atoms with Crippen LogP contribution in [0.25, 0.3) is 5.65 Å². The first-order valence-electron chi connectivity index (χ1n) is 8.69. The Morgan fingerprint density at radius 2 is 2.08 bits per heavy atom. The van der Waals surface area contributed by atoms with Crippen molar-refractivity contribution in [1.82, 2.24) is 25.2 Å². The van der Waals surface area contributed by atoms with Gasteiger partial charge in [-0.2, -0.15) is 0 Å². The van der Waals surface area contributed by atoms with E-state index in [1.54, 1.807) is 7.05 Å². The molecule has 3 aromatic rings. The second-order valence-corrected chi connectivity index (χ2v) is 7.53. The lowest BCUT2D eigenvalue weighted by atomic mass is 9.96. The maximum Gasteiger partial charge on any atom is 0.191 e. The monoisotopic (exact) mass is 412 g/mol.